The lowest BCUT2D eigenvalue weighted by molar-refractivity contribution is 0.416. The van der Waals surface area contributed by atoms with Gasteiger partial charge in [-0.15, -0.1) is 11.3 Å². The second-order valence-electron chi connectivity index (χ2n) is 4.63. The van der Waals surface area contributed by atoms with Crippen LogP contribution >= 0.6 is 11.3 Å². The van der Waals surface area contributed by atoms with Crippen LogP contribution < -0.4 is 4.72 Å². The summed E-state index contributed by atoms with van der Waals surface area (Å²) >= 11 is 1.23. The summed E-state index contributed by atoms with van der Waals surface area (Å²) in [4.78, 5) is 0.999. The van der Waals surface area contributed by atoms with Crippen molar-refractivity contribution in [1.82, 2.24) is 9.03 Å². The number of sulfonamides is 2. The summed E-state index contributed by atoms with van der Waals surface area (Å²) in [6.07, 6.45) is 2.60. The van der Waals surface area contributed by atoms with Crippen LogP contribution in [0.4, 0.5) is 0 Å². The molecule has 1 heterocycles. The van der Waals surface area contributed by atoms with Gasteiger partial charge in [-0.25, -0.2) is 25.9 Å². The third-order valence-corrected chi connectivity index (χ3v) is 7.33. The minimum Gasteiger partial charge on any atom is -0.213 e. The average molecular weight is 355 g/mol. The van der Waals surface area contributed by atoms with Crippen LogP contribution in [0.1, 0.15) is 25.1 Å². The van der Waals surface area contributed by atoms with E-state index in [1.54, 1.807) is 12.1 Å². The van der Waals surface area contributed by atoms with Gasteiger partial charge >= 0.3 is 0 Å². The van der Waals surface area contributed by atoms with Crippen molar-refractivity contribution in [1.29, 1.82) is 0 Å². The maximum atomic E-state index is 12.1. The number of nitrogens with zero attached hydrogens (tertiary/aromatic N) is 1. The summed E-state index contributed by atoms with van der Waals surface area (Å²) in [5.41, 5.74) is 0. The van der Waals surface area contributed by atoms with E-state index in [0.29, 0.717) is 13.0 Å². The second-order valence-corrected chi connectivity index (χ2v) is 9.78. The van der Waals surface area contributed by atoms with Crippen LogP contribution in [0.25, 0.3) is 0 Å². The van der Waals surface area contributed by atoms with E-state index in [1.165, 1.54) is 15.6 Å². The van der Waals surface area contributed by atoms with Crippen molar-refractivity contribution in [2.24, 2.45) is 0 Å². The van der Waals surface area contributed by atoms with Gasteiger partial charge in [0.05, 0.1) is 6.26 Å². The molecule has 122 valence electrons. The van der Waals surface area contributed by atoms with Gasteiger partial charge in [0.2, 0.25) is 20.0 Å². The summed E-state index contributed by atoms with van der Waals surface area (Å²) < 4.78 is 51.2. The third kappa shape index (κ3) is 5.67. The van der Waals surface area contributed by atoms with Crippen molar-refractivity contribution in [3.8, 4) is 0 Å². The molecule has 0 saturated carbocycles. The first kappa shape index (κ1) is 18.6. The number of nitrogens with one attached hydrogen (secondary N) is 1. The molecule has 0 fully saturated rings. The van der Waals surface area contributed by atoms with Crippen molar-refractivity contribution < 1.29 is 16.8 Å². The molecule has 1 aromatic heterocycles. The molecule has 9 heteroatoms. The molecular weight excluding hydrogens is 332 g/mol. The van der Waals surface area contributed by atoms with Crippen LogP contribution in [0.5, 0.6) is 0 Å². The van der Waals surface area contributed by atoms with Crippen molar-refractivity contribution in [3.05, 3.63) is 17.0 Å². The molecule has 1 aromatic rings. The Labute approximate surface area is 131 Å². The Hall–Kier alpha value is -0.480. The number of aryl methyl sites for hydroxylation is 1. The predicted octanol–water partition coefficient (Wildman–Crippen LogP) is 1.26. The molecule has 0 bridgehead atoms. The smallest absolute Gasteiger partial charge is 0.213 e. The monoisotopic (exact) mass is 354 g/mol. The van der Waals surface area contributed by atoms with Gasteiger partial charge in [0.15, 0.2) is 0 Å². The van der Waals surface area contributed by atoms with Crippen LogP contribution in [-0.2, 0) is 26.5 Å². The minimum absolute atomic E-state index is 0.0642. The molecule has 0 radical (unpaired) electrons. The topological polar surface area (TPSA) is 83.6 Å². The molecule has 6 nitrogen and oxygen atoms in total. The summed E-state index contributed by atoms with van der Waals surface area (Å²) in [6, 6.07) is 3.37. The van der Waals surface area contributed by atoms with E-state index in [1.807, 2.05) is 13.8 Å². The fourth-order valence-electron chi connectivity index (χ4n) is 1.76. The normalized spacial score (nSPS) is 13.0. The fourth-order valence-corrected chi connectivity index (χ4v) is 5.06. The molecular formula is C12H22N2O4S3. The van der Waals surface area contributed by atoms with Gasteiger partial charge < -0.3 is 0 Å². The summed E-state index contributed by atoms with van der Waals surface area (Å²) in [6.45, 7) is 4.43. The van der Waals surface area contributed by atoms with E-state index in [-0.39, 0.29) is 17.3 Å². The Balaban J connectivity index is 2.65. The van der Waals surface area contributed by atoms with E-state index < -0.39 is 20.0 Å². The van der Waals surface area contributed by atoms with Crippen molar-refractivity contribution >= 4 is 31.4 Å². The zero-order valence-electron chi connectivity index (χ0n) is 12.5. The van der Waals surface area contributed by atoms with E-state index in [2.05, 4.69) is 4.72 Å². The number of rotatable bonds is 9. The standard InChI is InChI=1S/C12H22N2O4S3/c1-4-9-14(20(3,15)16)10-8-13-21(17,18)12-7-6-11(5-2)19-12/h6-7,13H,4-5,8-10H2,1-3H3. The molecule has 0 spiro atoms. The molecule has 1 rings (SSSR count). The first-order valence-electron chi connectivity index (χ1n) is 6.74. The van der Waals surface area contributed by atoms with Crippen LogP contribution in [-0.4, -0.2) is 47.0 Å². The summed E-state index contributed by atoms with van der Waals surface area (Å²) in [7, 11) is -6.87. The lowest BCUT2D eigenvalue weighted by Gasteiger charge is -2.19. The van der Waals surface area contributed by atoms with Gasteiger partial charge in [0.25, 0.3) is 0 Å². The van der Waals surface area contributed by atoms with Crippen molar-refractivity contribution in [2.75, 3.05) is 25.9 Å². The Kier molecular flexibility index (Phi) is 6.79. The molecule has 0 aliphatic heterocycles. The van der Waals surface area contributed by atoms with Gasteiger partial charge in [-0.3, -0.25) is 0 Å². The lowest BCUT2D eigenvalue weighted by atomic mass is 10.4. The van der Waals surface area contributed by atoms with Crippen molar-refractivity contribution in [2.45, 2.75) is 30.9 Å². The Morgan fingerprint density at radius 3 is 2.29 bits per heavy atom. The molecule has 0 saturated heterocycles. The highest BCUT2D eigenvalue weighted by atomic mass is 32.2. The fraction of sp³-hybridized carbons (Fsp3) is 0.667. The lowest BCUT2D eigenvalue weighted by Crippen LogP contribution is -2.38. The highest BCUT2D eigenvalue weighted by molar-refractivity contribution is 7.91. The van der Waals surface area contributed by atoms with E-state index in [4.69, 9.17) is 0 Å². The van der Waals surface area contributed by atoms with Gasteiger partial charge in [0.1, 0.15) is 4.21 Å². The first-order valence-corrected chi connectivity index (χ1v) is 10.9. The third-order valence-electron chi connectivity index (χ3n) is 2.85. The highest BCUT2D eigenvalue weighted by Gasteiger charge is 2.19. The molecule has 0 aliphatic carbocycles. The largest absolute Gasteiger partial charge is 0.250 e. The highest BCUT2D eigenvalue weighted by Crippen LogP contribution is 2.21. The van der Waals surface area contributed by atoms with E-state index in [9.17, 15) is 16.8 Å². The SMILES string of the molecule is CCCN(CCNS(=O)(=O)c1ccc(CC)s1)S(C)(=O)=O. The zero-order chi connectivity index (χ0) is 16.1. The molecule has 0 atom stereocenters. The van der Waals surface area contributed by atoms with E-state index >= 15 is 0 Å². The molecule has 0 aliphatic rings. The Bertz CT molecular complexity index is 650. The van der Waals surface area contributed by atoms with Gasteiger partial charge in [-0.1, -0.05) is 13.8 Å². The molecule has 0 aromatic carbocycles. The van der Waals surface area contributed by atoms with Crippen LogP contribution in [0.3, 0.4) is 0 Å². The summed E-state index contributed by atoms with van der Waals surface area (Å²) in [5, 5.41) is 0. The molecule has 0 unspecified atom stereocenters. The minimum atomic E-state index is -3.56. The van der Waals surface area contributed by atoms with E-state index in [0.717, 1.165) is 17.6 Å². The van der Waals surface area contributed by atoms with Gasteiger partial charge in [0, 0.05) is 24.5 Å². The maximum absolute atomic E-state index is 12.1. The maximum Gasteiger partial charge on any atom is 0.250 e. The average Bonchev–Trinajstić information content (AvgIpc) is 2.86. The number of hydrogen-bond donors (Lipinski definition) is 1. The zero-order valence-corrected chi connectivity index (χ0v) is 14.9. The number of thiophene rings is 1. The molecule has 1 N–H and O–H groups in total. The van der Waals surface area contributed by atoms with Crippen molar-refractivity contribution in [3.63, 3.8) is 0 Å². The quantitative estimate of drug-likeness (QED) is 0.724. The second kappa shape index (κ2) is 7.68. The van der Waals surface area contributed by atoms with Crippen LogP contribution in [0.2, 0.25) is 0 Å². The summed E-state index contributed by atoms with van der Waals surface area (Å²) in [5.74, 6) is 0. The van der Waals surface area contributed by atoms with Gasteiger partial charge in [-0.2, -0.15) is 0 Å². The number of hydrogen-bond acceptors (Lipinski definition) is 5. The van der Waals surface area contributed by atoms with Crippen LogP contribution in [0.15, 0.2) is 16.3 Å². The van der Waals surface area contributed by atoms with Crippen LogP contribution in [0, 0.1) is 0 Å². The first-order chi connectivity index (χ1) is 9.70. The molecule has 21 heavy (non-hydrogen) atoms. The Morgan fingerprint density at radius 2 is 1.81 bits per heavy atom. The van der Waals surface area contributed by atoms with Gasteiger partial charge in [-0.05, 0) is 25.0 Å². The molecule has 0 amide bonds. The Morgan fingerprint density at radius 1 is 1.14 bits per heavy atom. The predicted molar refractivity (Wildman–Crippen MR) is 85.6 cm³/mol.